The molecule has 13 heavy (non-hydrogen) atoms. The largest absolute Gasteiger partial charge is 0.369 e. The van der Waals surface area contributed by atoms with Crippen molar-refractivity contribution in [1.29, 1.82) is 0 Å². The molecule has 1 aliphatic heterocycles. The van der Waals surface area contributed by atoms with Gasteiger partial charge in [-0.15, -0.1) is 23.4 Å². The maximum atomic E-state index is 5.75. The molecule has 1 nitrogen and oxygen atoms in total. The summed E-state index contributed by atoms with van der Waals surface area (Å²) in [5.74, 6) is 1.88. The number of hydrogen-bond acceptors (Lipinski definition) is 2. The van der Waals surface area contributed by atoms with Gasteiger partial charge in [0.2, 0.25) is 0 Å². The predicted octanol–water partition coefficient (Wildman–Crippen LogP) is 2.84. The second kappa shape index (κ2) is 4.25. The zero-order valence-corrected chi connectivity index (χ0v) is 8.94. The Bertz CT molecular complexity index is 290. The van der Waals surface area contributed by atoms with Gasteiger partial charge in [0.1, 0.15) is 0 Å². The Balaban J connectivity index is 2.26. The topological polar surface area (TPSA) is 3.24 Å². The second-order valence-electron chi connectivity index (χ2n) is 2.99. The first-order chi connectivity index (χ1) is 6.42. The summed E-state index contributed by atoms with van der Waals surface area (Å²) in [6.07, 6.45) is 0. The zero-order valence-electron chi connectivity index (χ0n) is 7.37. The molecule has 0 amide bonds. The van der Waals surface area contributed by atoms with Crippen molar-refractivity contribution in [3.63, 3.8) is 0 Å². The van der Waals surface area contributed by atoms with E-state index in [4.69, 9.17) is 11.6 Å². The van der Waals surface area contributed by atoms with E-state index in [1.54, 1.807) is 0 Å². The molecule has 0 aromatic heterocycles. The molecule has 0 aliphatic carbocycles. The standard InChI is InChI=1S/C10H12ClNS/c11-5-6-12-7-8-13-10-4-2-1-3-9(10)12/h1-4H,5-8H2. The van der Waals surface area contributed by atoms with Gasteiger partial charge in [0, 0.05) is 29.6 Å². The van der Waals surface area contributed by atoms with Crippen molar-refractivity contribution in [2.75, 3.05) is 29.6 Å². The van der Waals surface area contributed by atoms with Crippen molar-refractivity contribution in [1.82, 2.24) is 0 Å². The summed E-state index contributed by atoms with van der Waals surface area (Å²) in [4.78, 5) is 3.75. The van der Waals surface area contributed by atoms with Crippen LogP contribution in [-0.2, 0) is 0 Å². The van der Waals surface area contributed by atoms with E-state index >= 15 is 0 Å². The Morgan fingerprint density at radius 1 is 1.38 bits per heavy atom. The monoisotopic (exact) mass is 213 g/mol. The van der Waals surface area contributed by atoms with Crippen LogP contribution in [-0.4, -0.2) is 24.7 Å². The van der Waals surface area contributed by atoms with Crippen LogP contribution in [0.15, 0.2) is 29.2 Å². The van der Waals surface area contributed by atoms with Crippen molar-refractivity contribution in [3.8, 4) is 0 Å². The van der Waals surface area contributed by atoms with Gasteiger partial charge in [-0.1, -0.05) is 12.1 Å². The molecule has 0 radical (unpaired) electrons. The third kappa shape index (κ3) is 1.94. The van der Waals surface area contributed by atoms with E-state index in [0.29, 0.717) is 5.88 Å². The summed E-state index contributed by atoms with van der Waals surface area (Å²) in [5, 5.41) is 0. The summed E-state index contributed by atoms with van der Waals surface area (Å²) < 4.78 is 0. The Labute approximate surface area is 88.1 Å². The molecule has 70 valence electrons. The van der Waals surface area contributed by atoms with Crippen molar-refractivity contribution in [2.45, 2.75) is 4.90 Å². The minimum absolute atomic E-state index is 0.707. The molecule has 1 heterocycles. The molecule has 0 N–H and O–H groups in total. The molecule has 0 bridgehead atoms. The first-order valence-electron chi connectivity index (χ1n) is 4.44. The van der Waals surface area contributed by atoms with E-state index < -0.39 is 0 Å². The van der Waals surface area contributed by atoms with Gasteiger partial charge in [-0.3, -0.25) is 0 Å². The zero-order chi connectivity index (χ0) is 9.10. The lowest BCUT2D eigenvalue weighted by molar-refractivity contribution is 0.853. The van der Waals surface area contributed by atoms with Crippen molar-refractivity contribution >= 4 is 29.1 Å². The molecular formula is C10H12ClNS. The molecule has 0 unspecified atom stereocenters. The number of anilines is 1. The van der Waals surface area contributed by atoms with E-state index in [0.717, 1.165) is 13.1 Å². The first kappa shape index (κ1) is 9.22. The number of halogens is 1. The fraction of sp³-hybridized carbons (Fsp3) is 0.400. The van der Waals surface area contributed by atoms with Crippen LogP contribution in [0.5, 0.6) is 0 Å². The van der Waals surface area contributed by atoms with Gasteiger partial charge in [0.25, 0.3) is 0 Å². The third-order valence-corrected chi connectivity index (χ3v) is 3.39. The number of fused-ring (bicyclic) bond motifs is 1. The van der Waals surface area contributed by atoms with Gasteiger partial charge in [-0.05, 0) is 12.1 Å². The van der Waals surface area contributed by atoms with E-state index in [1.807, 2.05) is 11.8 Å². The number of para-hydroxylation sites is 1. The molecule has 0 saturated heterocycles. The molecule has 1 aromatic carbocycles. The number of rotatable bonds is 2. The normalized spacial score (nSPS) is 15.6. The van der Waals surface area contributed by atoms with Crippen LogP contribution in [0.2, 0.25) is 0 Å². The number of alkyl halides is 1. The third-order valence-electron chi connectivity index (χ3n) is 2.18. The Hall–Kier alpha value is -0.340. The fourth-order valence-electron chi connectivity index (χ4n) is 1.56. The molecular weight excluding hydrogens is 202 g/mol. The lowest BCUT2D eigenvalue weighted by Gasteiger charge is -2.29. The second-order valence-corrected chi connectivity index (χ2v) is 4.51. The number of benzene rings is 1. The highest BCUT2D eigenvalue weighted by atomic mass is 35.5. The highest BCUT2D eigenvalue weighted by Crippen LogP contribution is 2.33. The minimum atomic E-state index is 0.707. The van der Waals surface area contributed by atoms with Crippen LogP contribution in [0.3, 0.4) is 0 Å². The first-order valence-corrected chi connectivity index (χ1v) is 5.96. The van der Waals surface area contributed by atoms with Crippen LogP contribution < -0.4 is 4.90 Å². The highest BCUT2D eigenvalue weighted by molar-refractivity contribution is 7.99. The van der Waals surface area contributed by atoms with Gasteiger partial charge in [0.05, 0.1) is 5.69 Å². The summed E-state index contributed by atoms with van der Waals surface area (Å²) in [6, 6.07) is 8.54. The Morgan fingerprint density at radius 3 is 3.08 bits per heavy atom. The van der Waals surface area contributed by atoms with Crippen molar-refractivity contribution in [3.05, 3.63) is 24.3 Å². The SMILES string of the molecule is ClCCN1CCSc2ccccc21. The quantitative estimate of drug-likeness (QED) is 0.696. The van der Waals surface area contributed by atoms with E-state index in [9.17, 15) is 0 Å². The van der Waals surface area contributed by atoms with E-state index in [2.05, 4.69) is 29.2 Å². The molecule has 2 rings (SSSR count). The minimum Gasteiger partial charge on any atom is -0.369 e. The lowest BCUT2D eigenvalue weighted by atomic mass is 10.3. The summed E-state index contributed by atoms with van der Waals surface area (Å²) in [7, 11) is 0. The number of hydrogen-bond donors (Lipinski definition) is 0. The maximum absolute atomic E-state index is 5.75. The van der Waals surface area contributed by atoms with Crippen molar-refractivity contribution in [2.24, 2.45) is 0 Å². The van der Waals surface area contributed by atoms with Gasteiger partial charge in [-0.25, -0.2) is 0 Å². The number of thioether (sulfide) groups is 1. The summed E-state index contributed by atoms with van der Waals surface area (Å²) in [5.41, 5.74) is 1.35. The molecule has 3 heteroatoms. The average Bonchev–Trinajstić information content (AvgIpc) is 2.19. The predicted molar refractivity (Wildman–Crippen MR) is 60.1 cm³/mol. The fourth-order valence-corrected chi connectivity index (χ4v) is 2.82. The summed E-state index contributed by atoms with van der Waals surface area (Å²) in [6.45, 7) is 2.08. The van der Waals surface area contributed by atoms with E-state index in [1.165, 1.54) is 16.3 Å². The van der Waals surface area contributed by atoms with Crippen LogP contribution in [0, 0.1) is 0 Å². The molecule has 1 aromatic rings. The summed E-state index contributed by atoms with van der Waals surface area (Å²) >= 11 is 7.69. The Morgan fingerprint density at radius 2 is 2.23 bits per heavy atom. The van der Waals surface area contributed by atoms with Gasteiger partial charge in [0.15, 0.2) is 0 Å². The highest BCUT2D eigenvalue weighted by Gasteiger charge is 2.15. The van der Waals surface area contributed by atoms with Crippen LogP contribution >= 0.6 is 23.4 Å². The van der Waals surface area contributed by atoms with Crippen LogP contribution in [0.1, 0.15) is 0 Å². The van der Waals surface area contributed by atoms with E-state index in [-0.39, 0.29) is 0 Å². The lowest BCUT2D eigenvalue weighted by Crippen LogP contribution is -2.30. The Kier molecular flexibility index (Phi) is 3.01. The molecule has 0 fully saturated rings. The maximum Gasteiger partial charge on any atom is 0.0505 e. The van der Waals surface area contributed by atoms with Crippen molar-refractivity contribution < 1.29 is 0 Å². The smallest absolute Gasteiger partial charge is 0.0505 e. The van der Waals surface area contributed by atoms with Gasteiger partial charge in [-0.2, -0.15) is 0 Å². The molecule has 1 aliphatic rings. The average molecular weight is 214 g/mol. The number of nitrogens with zero attached hydrogens (tertiary/aromatic N) is 1. The van der Waals surface area contributed by atoms with Crippen LogP contribution in [0.25, 0.3) is 0 Å². The molecule has 0 atom stereocenters. The molecule has 0 saturated carbocycles. The van der Waals surface area contributed by atoms with Gasteiger partial charge >= 0.3 is 0 Å². The van der Waals surface area contributed by atoms with Crippen LogP contribution in [0.4, 0.5) is 5.69 Å². The molecule has 0 spiro atoms. The van der Waals surface area contributed by atoms with Gasteiger partial charge < -0.3 is 4.90 Å².